The summed E-state index contributed by atoms with van der Waals surface area (Å²) in [5.74, 6) is 0.819. The van der Waals surface area contributed by atoms with Crippen molar-refractivity contribution in [1.82, 2.24) is 9.80 Å². The molecule has 5 heteroatoms. The lowest BCUT2D eigenvalue weighted by Crippen LogP contribution is -2.56. The molecule has 0 bridgehead atoms. The van der Waals surface area contributed by atoms with Gasteiger partial charge in [0.05, 0.1) is 0 Å². The van der Waals surface area contributed by atoms with E-state index in [0.717, 1.165) is 61.7 Å². The predicted octanol–water partition coefficient (Wildman–Crippen LogP) is 5.84. The smallest absolute Gasteiger partial charge is 0.308 e. The van der Waals surface area contributed by atoms with Crippen LogP contribution in [0.15, 0.2) is 79.4 Å². The van der Waals surface area contributed by atoms with Crippen LogP contribution in [0.25, 0.3) is 10.8 Å². The summed E-state index contributed by atoms with van der Waals surface area (Å²) in [5, 5.41) is 2.22. The second kappa shape index (κ2) is 10.5. The number of carbonyl (C=O) groups is 2. The Morgan fingerprint density at radius 3 is 2.68 bits per heavy atom. The van der Waals surface area contributed by atoms with Crippen molar-refractivity contribution in [3.8, 4) is 5.75 Å². The van der Waals surface area contributed by atoms with Gasteiger partial charge in [0.15, 0.2) is 0 Å². The lowest BCUT2D eigenvalue weighted by molar-refractivity contribution is -0.131. The maximum Gasteiger partial charge on any atom is 0.308 e. The molecule has 1 heterocycles. The number of hydrogen-bond acceptors (Lipinski definition) is 4. The van der Waals surface area contributed by atoms with E-state index in [4.69, 9.17) is 4.74 Å². The molecule has 37 heavy (non-hydrogen) atoms. The number of esters is 1. The summed E-state index contributed by atoms with van der Waals surface area (Å²) in [7, 11) is 1.96. The Morgan fingerprint density at radius 1 is 1.08 bits per heavy atom. The minimum atomic E-state index is -0.311. The van der Waals surface area contributed by atoms with Crippen LogP contribution in [0.1, 0.15) is 48.5 Å². The monoisotopic (exact) mass is 496 g/mol. The number of piperidine rings is 1. The first-order valence-electron chi connectivity index (χ1n) is 13.3. The molecule has 3 atom stereocenters. The number of hydrogen-bond donors (Lipinski definition) is 0. The molecular formula is C32H36N2O3. The Kier molecular flexibility index (Phi) is 7.16. The number of rotatable bonds is 6. The lowest BCUT2D eigenvalue weighted by Gasteiger charge is -2.54. The Morgan fingerprint density at radius 2 is 1.89 bits per heavy atom. The molecule has 3 aromatic carbocycles. The average Bonchev–Trinajstić information content (AvgIpc) is 2.91. The van der Waals surface area contributed by atoms with E-state index in [2.05, 4.69) is 29.7 Å². The van der Waals surface area contributed by atoms with Crippen molar-refractivity contribution in [1.29, 1.82) is 0 Å². The van der Waals surface area contributed by atoms with Gasteiger partial charge in [0.1, 0.15) is 5.75 Å². The number of likely N-dealkylation sites (tertiary alicyclic amines) is 1. The summed E-state index contributed by atoms with van der Waals surface area (Å²) in [6, 6.07) is 22.3. The third kappa shape index (κ3) is 5.05. The zero-order chi connectivity index (χ0) is 26.0. The van der Waals surface area contributed by atoms with E-state index >= 15 is 0 Å². The van der Waals surface area contributed by atoms with Gasteiger partial charge in [0.2, 0.25) is 0 Å². The van der Waals surface area contributed by atoms with Crippen molar-refractivity contribution in [3.63, 3.8) is 0 Å². The van der Waals surface area contributed by atoms with Gasteiger partial charge in [-0.3, -0.25) is 14.5 Å². The SMILES string of the molecule is C=CCN1CCC2(c3cccc(OC(C)=O)c3)CC(N(C)C(=O)c3ccc4ccccc4c3)CCC2C1. The van der Waals surface area contributed by atoms with Crippen LogP contribution >= 0.6 is 0 Å². The van der Waals surface area contributed by atoms with Crippen molar-refractivity contribution in [2.24, 2.45) is 5.92 Å². The van der Waals surface area contributed by atoms with Crippen LogP contribution in [0.4, 0.5) is 0 Å². The number of fused-ring (bicyclic) bond motifs is 2. The van der Waals surface area contributed by atoms with Crippen molar-refractivity contribution < 1.29 is 14.3 Å². The Bertz CT molecular complexity index is 1320. The van der Waals surface area contributed by atoms with E-state index in [0.29, 0.717) is 11.7 Å². The van der Waals surface area contributed by atoms with E-state index in [-0.39, 0.29) is 23.3 Å². The van der Waals surface area contributed by atoms with Crippen molar-refractivity contribution in [2.75, 3.05) is 26.7 Å². The minimum Gasteiger partial charge on any atom is -0.427 e. The fourth-order valence-corrected chi connectivity index (χ4v) is 6.60. The van der Waals surface area contributed by atoms with Crippen molar-refractivity contribution in [2.45, 2.75) is 44.1 Å². The molecule has 1 aliphatic carbocycles. The zero-order valence-corrected chi connectivity index (χ0v) is 21.9. The van der Waals surface area contributed by atoms with E-state index in [1.54, 1.807) is 0 Å². The first-order chi connectivity index (χ1) is 17.9. The molecule has 5 nitrogen and oxygen atoms in total. The molecule has 3 unspecified atom stereocenters. The van der Waals surface area contributed by atoms with Gasteiger partial charge in [0.25, 0.3) is 5.91 Å². The first kappa shape index (κ1) is 25.2. The van der Waals surface area contributed by atoms with Gasteiger partial charge in [-0.05, 0) is 78.7 Å². The number of nitrogens with zero attached hydrogens (tertiary/aromatic N) is 2. The van der Waals surface area contributed by atoms with Crippen molar-refractivity contribution in [3.05, 3.63) is 90.5 Å². The summed E-state index contributed by atoms with van der Waals surface area (Å²) >= 11 is 0. The molecule has 1 saturated heterocycles. The maximum absolute atomic E-state index is 13.7. The van der Waals surface area contributed by atoms with Crippen molar-refractivity contribution >= 4 is 22.6 Å². The van der Waals surface area contributed by atoms with E-state index in [1.165, 1.54) is 12.5 Å². The normalized spacial score (nSPS) is 23.7. The van der Waals surface area contributed by atoms with E-state index < -0.39 is 0 Å². The molecule has 2 fully saturated rings. The first-order valence-corrected chi connectivity index (χ1v) is 13.3. The fourth-order valence-electron chi connectivity index (χ4n) is 6.60. The van der Waals surface area contributed by atoms with E-state index in [9.17, 15) is 9.59 Å². The minimum absolute atomic E-state index is 0.0714. The third-order valence-electron chi connectivity index (χ3n) is 8.50. The molecule has 1 saturated carbocycles. The number of benzene rings is 3. The highest BCUT2D eigenvalue weighted by atomic mass is 16.5. The molecule has 0 N–H and O–H groups in total. The largest absolute Gasteiger partial charge is 0.427 e. The summed E-state index contributed by atoms with van der Waals surface area (Å²) in [5.41, 5.74) is 1.87. The topological polar surface area (TPSA) is 49.9 Å². The van der Waals surface area contributed by atoms with Crippen LogP contribution in [-0.4, -0.2) is 54.4 Å². The standard InChI is InChI=1S/C32H36N2O3/c1-4-17-34-18-16-32(27-10-7-11-30(20-27)37-23(2)35)21-29(15-14-28(32)22-34)33(3)31(36)26-13-12-24-8-5-6-9-25(24)19-26/h4-13,19-20,28-29H,1,14-18,21-22H2,2-3H3. The van der Waals surface area contributed by atoms with Gasteiger partial charge in [-0.2, -0.15) is 0 Å². The Balaban J connectivity index is 1.44. The third-order valence-corrected chi connectivity index (χ3v) is 8.50. The van der Waals surface area contributed by atoms with Crippen LogP contribution in [0, 0.1) is 5.92 Å². The summed E-state index contributed by atoms with van der Waals surface area (Å²) in [4.78, 5) is 29.7. The van der Waals surface area contributed by atoms with Crippen LogP contribution in [0.2, 0.25) is 0 Å². The summed E-state index contributed by atoms with van der Waals surface area (Å²) in [6.07, 6.45) is 5.91. The number of amides is 1. The number of ether oxygens (including phenoxy) is 1. The van der Waals surface area contributed by atoms with Gasteiger partial charge >= 0.3 is 5.97 Å². The zero-order valence-electron chi connectivity index (χ0n) is 21.9. The second-order valence-electron chi connectivity index (χ2n) is 10.7. The van der Waals surface area contributed by atoms with Gasteiger partial charge in [-0.1, -0.05) is 48.5 Å². The molecule has 0 radical (unpaired) electrons. The fraction of sp³-hybridized carbons (Fsp3) is 0.375. The Labute approximate surface area is 219 Å². The van der Waals surface area contributed by atoms with E-state index in [1.807, 2.05) is 66.6 Å². The quantitative estimate of drug-likeness (QED) is 0.245. The van der Waals surface area contributed by atoms with Crippen LogP contribution < -0.4 is 4.74 Å². The molecule has 0 spiro atoms. The average molecular weight is 497 g/mol. The molecule has 0 aromatic heterocycles. The van der Waals surface area contributed by atoms with Gasteiger partial charge < -0.3 is 9.64 Å². The van der Waals surface area contributed by atoms with Gasteiger partial charge in [-0.25, -0.2) is 0 Å². The molecule has 5 rings (SSSR count). The predicted molar refractivity (Wildman–Crippen MR) is 148 cm³/mol. The van der Waals surface area contributed by atoms with Crippen LogP contribution in [-0.2, 0) is 10.2 Å². The second-order valence-corrected chi connectivity index (χ2v) is 10.7. The van der Waals surface area contributed by atoms with Gasteiger partial charge in [-0.15, -0.1) is 6.58 Å². The Hall–Kier alpha value is -3.44. The summed E-state index contributed by atoms with van der Waals surface area (Å²) < 4.78 is 5.46. The molecular weight excluding hydrogens is 460 g/mol. The maximum atomic E-state index is 13.7. The molecule has 2 aliphatic rings. The molecule has 3 aromatic rings. The van der Waals surface area contributed by atoms with Gasteiger partial charge in [0, 0.05) is 44.1 Å². The van der Waals surface area contributed by atoms with Crippen LogP contribution in [0.5, 0.6) is 5.75 Å². The summed E-state index contributed by atoms with van der Waals surface area (Å²) in [6.45, 7) is 8.26. The molecule has 192 valence electrons. The number of carbonyl (C=O) groups excluding carboxylic acids is 2. The highest BCUT2D eigenvalue weighted by Gasteiger charge is 2.49. The highest BCUT2D eigenvalue weighted by molar-refractivity contribution is 5.98. The molecule has 1 amide bonds. The lowest BCUT2D eigenvalue weighted by atomic mass is 9.57. The molecule has 1 aliphatic heterocycles. The van der Waals surface area contributed by atoms with Crippen LogP contribution in [0.3, 0.4) is 0 Å². The highest BCUT2D eigenvalue weighted by Crippen LogP contribution is 2.50.